The summed E-state index contributed by atoms with van der Waals surface area (Å²) in [5.74, 6) is 0.355. The Kier molecular flexibility index (Phi) is 3.97. The third-order valence-corrected chi connectivity index (χ3v) is 6.07. The van der Waals surface area contributed by atoms with Crippen molar-refractivity contribution in [2.45, 2.75) is 17.9 Å². The highest BCUT2D eigenvalue weighted by Gasteiger charge is 2.48. The molecule has 0 fully saturated rings. The molecule has 0 radical (unpaired) electrons. The van der Waals surface area contributed by atoms with Gasteiger partial charge in [-0.05, 0) is 29.7 Å². The fourth-order valence-corrected chi connectivity index (χ4v) is 4.93. The molecule has 0 aromatic heterocycles. The van der Waals surface area contributed by atoms with Crippen LogP contribution in [0.5, 0.6) is 0 Å². The Bertz CT molecular complexity index is 966. The van der Waals surface area contributed by atoms with Gasteiger partial charge in [0.15, 0.2) is 0 Å². The Hall–Kier alpha value is -3.00. The van der Waals surface area contributed by atoms with Crippen molar-refractivity contribution in [1.82, 2.24) is 0 Å². The molecule has 2 aromatic carbocycles. The van der Waals surface area contributed by atoms with Crippen molar-refractivity contribution in [2.24, 2.45) is 5.92 Å². The first-order chi connectivity index (χ1) is 13.4. The van der Waals surface area contributed by atoms with Gasteiger partial charge in [-0.3, -0.25) is 0 Å². The van der Waals surface area contributed by atoms with E-state index in [1.54, 1.807) is 0 Å². The normalized spacial score (nSPS) is 30.2. The zero-order chi connectivity index (χ0) is 18.1. The Morgan fingerprint density at radius 1 is 0.741 bits per heavy atom. The smallest absolute Gasteiger partial charge is 0.0522 e. The van der Waals surface area contributed by atoms with Crippen LogP contribution in [0.4, 0.5) is 11.4 Å². The van der Waals surface area contributed by atoms with Crippen LogP contribution >= 0.6 is 0 Å². The van der Waals surface area contributed by atoms with E-state index in [4.69, 9.17) is 0 Å². The van der Waals surface area contributed by atoms with E-state index in [0.717, 1.165) is 13.0 Å². The Balaban J connectivity index is 1.83. The maximum absolute atomic E-state index is 3.77. The quantitative estimate of drug-likeness (QED) is 0.660. The largest absolute Gasteiger partial charge is 0.381 e. The molecule has 134 valence electrons. The molecule has 1 aliphatic carbocycles. The zero-order valence-corrected chi connectivity index (χ0v) is 15.3. The summed E-state index contributed by atoms with van der Waals surface area (Å²) >= 11 is 0. The second-order valence-corrected chi connectivity index (χ2v) is 7.47. The van der Waals surface area contributed by atoms with Crippen LogP contribution in [-0.2, 0) is 5.41 Å². The van der Waals surface area contributed by atoms with Gasteiger partial charge in [-0.1, -0.05) is 85.0 Å². The molecular weight excluding hydrogens is 328 g/mol. The summed E-state index contributed by atoms with van der Waals surface area (Å²) in [6.07, 6.45) is 18.9. The predicted octanol–water partition coefficient (Wildman–Crippen LogP) is 5.44. The summed E-state index contributed by atoms with van der Waals surface area (Å²) in [5, 5.41) is 7.42. The zero-order valence-electron chi connectivity index (χ0n) is 15.3. The third-order valence-electron chi connectivity index (χ3n) is 6.07. The molecule has 2 N–H and O–H groups in total. The average Bonchev–Trinajstić information content (AvgIpc) is 2.73. The first kappa shape index (κ1) is 16.2. The molecule has 2 heteroatoms. The van der Waals surface area contributed by atoms with Gasteiger partial charge in [-0.25, -0.2) is 0 Å². The van der Waals surface area contributed by atoms with Gasteiger partial charge in [0.05, 0.1) is 6.04 Å². The molecule has 2 heterocycles. The van der Waals surface area contributed by atoms with E-state index in [1.807, 2.05) is 0 Å². The van der Waals surface area contributed by atoms with Crippen molar-refractivity contribution >= 4 is 11.4 Å². The predicted molar refractivity (Wildman–Crippen MR) is 114 cm³/mol. The van der Waals surface area contributed by atoms with Crippen LogP contribution < -0.4 is 10.6 Å². The van der Waals surface area contributed by atoms with Crippen molar-refractivity contribution in [2.75, 3.05) is 17.2 Å². The Morgan fingerprint density at radius 2 is 1.44 bits per heavy atom. The molecule has 3 aliphatic rings. The summed E-state index contributed by atoms with van der Waals surface area (Å²) < 4.78 is 0. The highest BCUT2D eigenvalue weighted by Crippen LogP contribution is 2.53. The lowest BCUT2D eigenvalue weighted by Gasteiger charge is -2.49. The summed E-state index contributed by atoms with van der Waals surface area (Å²) in [7, 11) is 0. The van der Waals surface area contributed by atoms with E-state index >= 15 is 0 Å². The van der Waals surface area contributed by atoms with Gasteiger partial charge < -0.3 is 10.6 Å². The maximum Gasteiger partial charge on any atom is 0.0522 e. The molecule has 0 saturated carbocycles. The minimum absolute atomic E-state index is 0.112. The standard InChI is InChI=1S/C25H24N2/c1-2-10-18-26-22-14-6-3-11-19(22)25(17-9-1)20-12-4-7-15-23(20)27-24-16-8-5-13-21(24)25/h1-16,20,23,26-27H,17-18H2/b9-1-,10-2-. The minimum atomic E-state index is -0.112. The molecule has 2 aliphatic heterocycles. The second kappa shape index (κ2) is 6.62. The topological polar surface area (TPSA) is 24.1 Å². The van der Waals surface area contributed by atoms with E-state index in [9.17, 15) is 0 Å². The summed E-state index contributed by atoms with van der Waals surface area (Å²) in [6.45, 7) is 0.834. The van der Waals surface area contributed by atoms with Gasteiger partial charge >= 0.3 is 0 Å². The lowest BCUT2D eigenvalue weighted by atomic mass is 9.58. The molecule has 3 atom stereocenters. The van der Waals surface area contributed by atoms with E-state index in [2.05, 4.69) is 108 Å². The van der Waals surface area contributed by atoms with Crippen molar-refractivity contribution in [1.29, 1.82) is 0 Å². The van der Waals surface area contributed by atoms with Gasteiger partial charge in [0, 0.05) is 29.3 Å². The van der Waals surface area contributed by atoms with E-state index < -0.39 is 0 Å². The molecule has 0 bridgehead atoms. The highest BCUT2D eigenvalue weighted by molar-refractivity contribution is 5.69. The number of anilines is 2. The van der Waals surface area contributed by atoms with Crippen LogP contribution in [0, 0.1) is 5.92 Å². The summed E-state index contributed by atoms with van der Waals surface area (Å²) in [6, 6.07) is 18.0. The van der Waals surface area contributed by atoms with Gasteiger partial charge in [-0.2, -0.15) is 0 Å². The second-order valence-electron chi connectivity index (χ2n) is 7.47. The summed E-state index contributed by atoms with van der Waals surface area (Å²) in [4.78, 5) is 0. The number of fused-ring (bicyclic) bond motifs is 6. The van der Waals surface area contributed by atoms with Crippen LogP contribution in [0.1, 0.15) is 17.5 Å². The molecule has 2 aromatic rings. The van der Waals surface area contributed by atoms with Crippen LogP contribution in [0.2, 0.25) is 0 Å². The van der Waals surface area contributed by atoms with Crippen molar-refractivity contribution < 1.29 is 0 Å². The van der Waals surface area contributed by atoms with Crippen LogP contribution in [-0.4, -0.2) is 12.6 Å². The molecule has 27 heavy (non-hydrogen) atoms. The van der Waals surface area contributed by atoms with Gasteiger partial charge in [0.1, 0.15) is 0 Å². The number of hydrogen-bond acceptors (Lipinski definition) is 2. The maximum atomic E-state index is 3.77. The number of benzene rings is 2. The number of allylic oxidation sites excluding steroid dienone is 5. The molecule has 3 unspecified atom stereocenters. The van der Waals surface area contributed by atoms with E-state index in [1.165, 1.54) is 22.5 Å². The van der Waals surface area contributed by atoms with Crippen LogP contribution in [0.25, 0.3) is 0 Å². The van der Waals surface area contributed by atoms with E-state index in [-0.39, 0.29) is 5.41 Å². The Labute approximate surface area is 161 Å². The van der Waals surface area contributed by atoms with E-state index in [0.29, 0.717) is 12.0 Å². The van der Waals surface area contributed by atoms with Crippen molar-refractivity contribution in [3.63, 3.8) is 0 Å². The average molecular weight is 352 g/mol. The van der Waals surface area contributed by atoms with Crippen molar-refractivity contribution in [3.05, 3.63) is 108 Å². The lowest BCUT2D eigenvalue weighted by Crippen LogP contribution is -2.49. The summed E-state index contributed by atoms with van der Waals surface area (Å²) in [5.41, 5.74) is 5.13. The lowest BCUT2D eigenvalue weighted by molar-refractivity contribution is 0.352. The minimum Gasteiger partial charge on any atom is -0.381 e. The fourth-order valence-electron chi connectivity index (χ4n) is 4.93. The third kappa shape index (κ3) is 2.56. The van der Waals surface area contributed by atoms with Gasteiger partial charge in [0.2, 0.25) is 0 Å². The van der Waals surface area contributed by atoms with Gasteiger partial charge in [0.25, 0.3) is 0 Å². The molecule has 1 spiro atoms. The Morgan fingerprint density at radius 3 is 2.33 bits per heavy atom. The first-order valence-corrected chi connectivity index (χ1v) is 9.76. The monoisotopic (exact) mass is 352 g/mol. The van der Waals surface area contributed by atoms with Crippen LogP contribution in [0.15, 0.2) is 97.1 Å². The highest BCUT2D eigenvalue weighted by atomic mass is 15.0. The molecule has 0 saturated heterocycles. The number of hydrogen-bond donors (Lipinski definition) is 2. The number of nitrogens with one attached hydrogen (secondary N) is 2. The molecule has 2 nitrogen and oxygen atoms in total. The van der Waals surface area contributed by atoms with Crippen molar-refractivity contribution in [3.8, 4) is 0 Å². The number of para-hydroxylation sites is 2. The molecule has 0 amide bonds. The van der Waals surface area contributed by atoms with Gasteiger partial charge in [-0.15, -0.1) is 0 Å². The SMILES string of the molecule is C1=CC2Nc3ccccc3C3(C/C=C\C=C/CNc4ccccc43)C2C=C1. The fraction of sp³-hybridized carbons (Fsp3) is 0.200. The van der Waals surface area contributed by atoms with Crippen LogP contribution in [0.3, 0.4) is 0 Å². The molecular formula is C25H24N2. The molecule has 5 rings (SSSR count). The number of rotatable bonds is 0. The first-order valence-electron chi connectivity index (χ1n) is 9.76.